The molecule has 3 rings (SSSR count). The number of nitrogens with one attached hydrogen (secondary N) is 1. The molecule has 108 valence electrons. The first kappa shape index (κ1) is 13.2. The van der Waals surface area contributed by atoms with Crippen LogP contribution in [0.15, 0.2) is 36.5 Å². The van der Waals surface area contributed by atoms with Crippen LogP contribution < -0.4 is 19.5 Å². The first-order valence-electron chi connectivity index (χ1n) is 6.43. The monoisotopic (exact) mass is 286 g/mol. The van der Waals surface area contributed by atoms with Crippen molar-refractivity contribution in [2.75, 3.05) is 13.9 Å². The van der Waals surface area contributed by atoms with Gasteiger partial charge in [0.2, 0.25) is 12.7 Å². The summed E-state index contributed by atoms with van der Waals surface area (Å²) in [5.41, 5.74) is 1.33. The van der Waals surface area contributed by atoms with E-state index < -0.39 is 0 Å². The van der Waals surface area contributed by atoms with E-state index in [9.17, 15) is 4.79 Å². The SMILES string of the molecule is COc1ncccc1CNC(=O)c1ccc2c(c1)OCO2. The molecule has 0 aliphatic carbocycles. The van der Waals surface area contributed by atoms with Crippen LogP contribution in [0.2, 0.25) is 0 Å². The van der Waals surface area contributed by atoms with E-state index in [0.717, 1.165) is 5.56 Å². The van der Waals surface area contributed by atoms with Gasteiger partial charge in [-0.3, -0.25) is 4.79 Å². The number of benzene rings is 1. The molecule has 6 nitrogen and oxygen atoms in total. The van der Waals surface area contributed by atoms with Gasteiger partial charge in [-0.1, -0.05) is 6.07 Å². The fourth-order valence-electron chi connectivity index (χ4n) is 2.06. The Kier molecular flexibility index (Phi) is 3.59. The normalized spacial score (nSPS) is 12.0. The number of nitrogens with zero attached hydrogens (tertiary/aromatic N) is 1. The minimum absolute atomic E-state index is 0.188. The maximum atomic E-state index is 12.1. The Bertz CT molecular complexity index is 672. The third-order valence-corrected chi connectivity index (χ3v) is 3.12. The van der Waals surface area contributed by atoms with Crippen molar-refractivity contribution in [3.63, 3.8) is 0 Å². The highest BCUT2D eigenvalue weighted by atomic mass is 16.7. The zero-order chi connectivity index (χ0) is 14.7. The van der Waals surface area contributed by atoms with Crippen LogP contribution in [-0.4, -0.2) is 24.8 Å². The second-order valence-corrected chi connectivity index (χ2v) is 4.42. The van der Waals surface area contributed by atoms with Crippen LogP contribution in [0.3, 0.4) is 0 Å². The van der Waals surface area contributed by atoms with Gasteiger partial charge in [-0.05, 0) is 24.3 Å². The topological polar surface area (TPSA) is 69.7 Å². The highest BCUT2D eigenvalue weighted by Gasteiger charge is 2.16. The van der Waals surface area contributed by atoms with Gasteiger partial charge >= 0.3 is 0 Å². The van der Waals surface area contributed by atoms with E-state index in [2.05, 4.69) is 10.3 Å². The second-order valence-electron chi connectivity index (χ2n) is 4.42. The lowest BCUT2D eigenvalue weighted by Gasteiger charge is -2.08. The number of methoxy groups -OCH3 is 1. The van der Waals surface area contributed by atoms with Gasteiger partial charge in [-0.25, -0.2) is 4.98 Å². The fourth-order valence-corrected chi connectivity index (χ4v) is 2.06. The van der Waals surface area contributed by atoms with Gasteiger partial charge in [0.15, 0.2) is 11.5 Å². The summed E-state index contributed by atoms with van der Waals surface area (Å²) in [4.78, 5) is 16.2. The van der Waals surface area contributed by atoms with E-state index in [0.29, 0.717) is 29.5 Å². The average Bonchev–Trinajstić information content (AvgIpc) is 3.00. The summed E-state index contributed by atoms with van der Waals surface area (Å²) < 4.78 is 15.6. The van der Waals surface area contributed by atoms with Gasteiger partial charge in [0.1, 0.15) is 0 Å². The predicted octanol–water partition coefficient (Wildman–Crippen LogP) is 1.75. The van der Waals surface area contributed by atoms with Crippen LogP contribution in [0.1, 0.15) is 15.9 Å². The van der Waals surface area contributed by atoms with Crippen LogP contribution in [0, 0.1) is 0 Å². The van der Waals surface area contributed by atoms with Crippen LogP contribution in [0.5, 0.6) is 17.4 Å². The molecule has 0 saturated heterocycles. The zero-order valence-corrected chi connectivity index (χ0v) is 11.5. The Morgan fingerprint density at radius 1 is 1.33 bits per heavy atom. The molecule has 0 fully saturated rings. The maximum absolute atomic E-state index is 12.1. The molecule has 0 saturated carbocycles. The second kappa shape index (κ2) is 5.70. The number of carbonyl (C=O) groups excluding carboxylic acids is 1. The number of rotatable bonds is 4. The standard InChI is InChI=1S/C15H14N2O4/c1-19-15-11(3-2-6-16-15)8-17-14(18)10-4-5-12-13(7-10)21-9-20-12/h2-7H,8-9H2,1H3,(H,17,18). The Labute approximate surface area is 121 Å². The molecule has 1 aromatic carbocycles. The molecule has 6 heteroatoms. The summed E-state index contributed by atoms with van der Waals surface area (Å²) in [7, 11) is 1.55. The molecule has 1 aliphatic heterocycles. The zero-order valence-electron chi connectivity index (χ0n) is 11.5. The molecule has 0 radical (unpaired) electrons. The highest BCUT2D eigenvalue weighted by molar-refractivity contribution is 5.94. The number of fused-ring (bicyclic) bond motifs is 1. The van der Waals surface area contributed by atoms with Crippen LogP contribution in [0.4, 0.5) is 0 Å². The number of ether oxygens (including phenoxy) is 3. The van der Waals surface area contributed by atoms with Crippen molar-refractivity contribution in [3.05, 3.63) is 47.7 Å². The quantitative estimate of drug-likeness (QED) is 0.927. The van der Waals surface area contributed by atoms with Gasteiger partial charge in [0.25, 0.3) is 5.91 Å². The minimum atomic E-state index is -0.195. The maximum Gasteiger partial charge on any atom is 0.251 e. The molecular formula is C15H14N2O4. The molecule has 21 heavy (non-hydrogen) atoms. The number of pyridine rings is 1. The largest absolute Gasteiger partial charge is 0.481 e. The van der Waals surface area contributed by atoms with E-state index in [1.807, 2.05) is 6.07 Å². The molecule has 0 unspecified atom stereocenters. The Morgan fingerprint density at radius 3 is 3.05 bits per heavy atom. The summed E-state index contributed by atoms with van der Waals surface area (Å²) in [6.07, 6.45) is 1.64. The van der Waals surface area contributed by atoms with Gasteiger partial charge in [0.05, 0.1) is 7.11 Å². The number of aromatic nitrogens is 1. The third-order valence-electron chi connectivity index (χ3n) is 3.12. The van der Waals surface area contributed by atoms with Crippen molar-refractivity contribution < 1.29 is 19.0 Å². The molecule has 0 bridgehead atoms. The third kappa shape index (κ3) is 2.74. The Morgan fingerprint density at radius 2 is 2.19 bits per heavy atom. The smallest absolute Gasteiger partial charge is 0.251 e. The minimum Gasteiger partial charge on any atom is -0.481 e. The summed E-state index contributed by atoms with van der Waals surface area (Å²) in [5.74, 6) is 1.55. The summed E-state index contributed by atoms with van der Waals surface area (Å²) in [6, 6.07) is 8.74. The number of carbonyl (C=O) groups is 1. The van der Waals surface area contributed by atoms with E-state index in [1.165, 1.54) is 0 Å². The molecule has 2 aromatic rings. The molecule has 2 heterocycles. The molecule has 0 atom stereocenters. The van der Waals surface area contributed by atoms with Crippen molar-refractivity contribution in [1.82, 2.24) is 10.3 Å². The fraction of sp³-hybridized carbons (Fsp3) is 0.200. The Balaban J connectivity index is 1.69. The summed E-state index contributed by atoms with van der Waals surface area (Å²) in [6.45, 7) is 0.525. The lowest BCUT2D eigenvalue weighted by Crippen LogP contribution is -2.23. The van der Waals surface area contributed by atoms with E-state index in [-0.39, 0.29) is 12.7 Å². The van der Waals surface area contributed by atoms with Crippen molar-refractivity contribution in [2.45, 2.75) is 6.54 Å². The van der Waals surface area contributed by atoms with Gasteiger partial charge in [0, 0.05) is 23.9 Å². The van der Waals surface area contributed by atoms with Crippen molar-refractivity contribution >= 4 is 5.91 Å². The Hall–Kier alpha value is -2.76. The summed E-state index contributed by atoms with van der Waals surface area (Å²) >= 11 is 0. The lowest BCUT2D eigenvalue weighted by atomic mass is 10.2. The highest BCUT2D eigenvalue weighted by Crippen LogP contribution is 2.32. The molecule has 1 N–H and O–H groups in total. The van der Waals surface area contributed by atoms with Crippen molar-refractivity contribution in [2.24, 2.45) is 0 Å². The van der Waals surface area contributed by atoms with Gasteiger partial charge in [-0.15, -0.1) is 0 Å². The van der Waals surface area contributed by atoms with Crippen molar-refractivity contribution in [1.29, 1.82) is 0 Å². The lowest BCUT2D eigenvalue weighted by molar-refractivity contribution is 0.0950. The van der Waals surface area contributed by atoms with Crippen molar-refractivity contribution in [3.8, 4) is 17.4 Å². The first-order chi connectivity index (χ1) is 10.3. The van der Waals surface area contributed by atoms with Gasteiger partial charge in [-0.2, -0.15) is 0 Å². The molecule has 1 aromatic heterocycles. The summed E-state index contributed by atoms with van der Waals surface area (Å²) in [5, 5.41) is 2.83. The van der Waals surface area contributed by atoms with E-state index in [1.54, 1.807) is 37.6 Å². The average molecular weight is 286 g/mol. The number of hydrogen-bond donors (Lipinski definition) is 1. The van der Waals surface area contributed by atoms with Crippen LogP contribution in [0.25, 0.3) is 0 Å². The number of hydrogen-bond acceptors (Lipinski definition) is 5. The van der Waals surface area contributed by atoms with Crippen LogP contribution in [-0.2, 0) is 6.54 Å². The number of amides is 1. The molecule has 0 spiro atoms. The predicted molar refractivity (Wildman–Crippen MR) is 74.5 cm³/mol. The molecular weight excluding hydrogens is 272 g/mol. The molecule has 1 amide bonds. The van der Waals surface area contributed by atoms with E-state index >= 15 is 0 Å². The molecule has 1 aliphatic rings. The van der Waals surface area contributed by atoms with Gasteiger partial charge < -0.3 is 19.5 Å². The van der Waals surface area contributed by atoms with E-state index in [4.69, 9.17) is 14.2 Å². The first-order valence-corrected chi connectivity index (χ1v) is 6.43. The van der Waals surface area contributed by atoms with Crippen LogP contribution >= 0.6 is 0 Å².